The summed E-state index contributed by atoms with van der Waals surface area (Å²) in [5, 5.41) is 12.9. The molecule has 1 heterocycles. The molecule has 1 unspecified atom stereocenters. The Balaban J connectivity index is 1.98. The van der Waals surface area contributed by atoms with Gasteiger partial charge in [-0.05, 0) is 24.1 Å². The largest absolute Gasteiger partial charge is 0.481 e. The number of ether oxygens (including phenoxy) is 1. The van der Waals surface area contributed by atoms with Crippen LogP contribution in [0.3, 0.4) is 0 Å². The number of benzene rings is 1. The van der Waals surface area contributed by atoms with E-state index in [1.165, 1.54) is 13.3 Å². The van der Waals surface area contributed by atoms with Crippen molar-refractivity contribution >= 4 is 17.5 Å². The Morgan fingerprint density at radius 3 is 2.72 bits per heavy atom. The molecule has 6 heteroatoms. The predicted molar refractivity (Wildman–Crippen MR) is 95.4 cm³/mol. The minimum atomic E-state index is -1.32. The number of allylic oxidation sites excluding steroid dienone is 2. The van der Waals surface area contributed by atoms with Crippen LogP contribution in [0, 0.1) is 0 Å². The lowest BCUT2D eigenvalue weighted by atomic mass is 9.81. The topological polar surface area (TPSA) is 84.3 Å². The zero-order valence-corrected chi connectivity index (χ0v) is 14.1. The third kappa shape index (κ3) is 3.52. The maximum atomic E-state index is 12.1. The van der Waals surface area contributed by atoms with E-state index in [1.54, 1.807) is 12.1 Å². The first kappa shape index (κ1) is 16.7. The van der Waals surface area contributed by atoms with Crippen molar-refractivity contribution < 1.29 is 14.6 Å². The molecule has 25 heavy (non-hydrogen) atoms. The van der Waals surface area contributed by atoms with Crippen molar-refractivity contribution in [2.75, 3.05) is 12.4 Å². The summed E-state index contributed by atoms with van der Waals surface area (Å²) in [6, 6.07) is 11.4. The van der Waals surface area contributed by atoms with Gasteiger partial charge < -0.3 is 15.2 Å². The number of rotatable bonds is 5. The molecule has 1 aromatic carbocycles. The summed E-state index contributed by atoms with van der Waals surface area (Å²) < 4.78 is 5.08. The Morgan fingerprint density at radius 1 is 1.28 bits per heavy atom. The molecule has 1 aromatic heterocycles. The lowest BCUT2D eigenvalue weighted by Gasteiger charge is -2.32. The molecule has 0 saturated carbocycles. The highest BCUT2D eigenvalue weighted by Crippen LogP contribution is 2.35. The van der Waals surface area contributed by atoms with Gasteiger partial charge in [0, 0.05) is 18.7 Å². The first-order valence-electron chi connectivity index (χ1n) is 7.86. The van der Waals surface area contributed by atoms with Gasteiger partial charge in [-0.1, -0.05) is 42.0 Å². The van der Waals surface area contributed by atoms with Gasteiger partial charge in [-0.25, -0.2) is 9.78 Å². The highest BCUT2D eigenvalue weighted by atomic mass is 16.5. The molecule has 0 saturated heterocycles. The lowest BCUT2D eigenvalue weighted by molar-refractivity contribution is -0.140. The van der Waals surface area contributed by atoms with Gasteiger partial charge in [-0.15, -0.1) is 0 Å². The number of nitrogens with one attached hydrogen (secondary N) is 1. The van der Waals surface area contributed by atoms with Gasteiger partial charge in [-0.2, -0.15) is 4.98 Å². The molecule has 1 aliphatic rings. The highest BCUT2D eigenvalue weighted by molar-refractivity contribution is 5.90. The van der Waals surface area contributed by atoms with E-state index >= 15 is 0 Å². The van der Waals surface area contributed by atoms with E-state index in [-0.39, 0.29) is 12.4 Å². The molecular formula is C19H19N3O3. The quantitative estimate of drug-likeness (QED) is 0.872. The Labute approximate surface area is 145 Å². The standard InChI is InChI=1S/C19H19N3O3/c1-13-10-15(14-6-4-3-5-7-14)12-19(11-13,17(23)24)22-18-20-9-8-16(21-18)25-2/h3-11H,12H2,1-2H3,(H,23,24)(H,20,21,22). The number of carboxylic acids is 1. The van der Waals surface area contributed by atoms with Gasteiger partial charge in [0.2, 0.25) is 11.8 Å². The second-order valence-electron chi connectivity index (χ2n) is 5.92. The van der Waals surface area contributed by atoms with E-state index in [2.05, 4.69) is 15.3 Å². The predicted octanol–water partition coefficient (Wildman–Crippen LogP) is 3.15. The van der Waals surface area contributed by atoms with Crippen LogP contribution in [-0.2, 0) is 4.79 Å². The number of carboxylic acid groups (broad SMARTS) is 1. The van der Waals surface area contributed by atoms with E-state index < -0.39 is 11.5 Å². The maximum absolute atomic E-state index is 12.1. The Bertz CT molecular complexity index is 846. The SMILES string of the molecule is COc1ccnc(NC2(C(=O)O)C=C(C)C=C(c3ccccc3)C2)n1. The second kappa shape index (κ2) is 6.76. The monoisotopic (exact) mass is 337 g/mol. The van der Waals surface area contributed by atoms with Gasteiger partial charge in [0.1, 0.15) is 0 Å². The van der Waals surface area contributed by atoms with Gasteiger partial charge in [-0.3, -0.25) is 0 Å². The van der Waals surface area contributed by atoms with E-state index in [0.717, 1.165) is 16.7 Å². The molecular weight excluding hydrogens is 318 g/mol. The van der Waals surface area contributed by atoms with Crippen molar-refractivity contribution in [1.29, 1.82) is 0 Å². The van der Waals surface area contributed by atoms with Gasteiger partial charge in [0.15, 0.2) is 5.54 Å². The van der Waals surface area contributed by atoms with Crippen molar-refractivity contribution in [3.8, 4) is 5.88 Å². The number of aliphatic carboxylic acids is 1. The normalized spacial score (nSPS) is 19.6. The molecule has 0 aliphatic heterocycles. The third-order valence-corrected chi connectivity index (χ3v) is 4.05. The average Bonchev–Trinajstić information content (AvgIpc) is 2.62. The van der Waals surface area contributed by atoms with Gasteiger partial charge in [0.25, 0.3) is 0 Å². The third-order valence-electron chi connectivity index (χ3n) is 4.05. The van der Waals surface area contributed by atoms with Crippen molar-refractivity contribution in [2.45, 2.75) is 18.9 Å². The number of aromatic nitrogens is 2. The first-order valence-corrected chi connectivity index (χ1v) is 7.86. The number of methoxy groups -OCH3 is 1. The Kier molecular flexibility index (Phi) is 4.52. The number of nitrogens with zero attached hydrogens (tertiary/aromatic N) is 2. The highest BCUT2D eigenvalue weighted by Gasteiger charge is 2.40. The van der Waals surface area contributed by atoms with E-state index in [1.807, 2.05) is 43.3 Å². The van der Waals surface area contributed by atoms with Crippen molar-refractivity contribution in [2.24, 2.45) is 0 Å². The van der Waals surface area contributed by atoms with Crippen LogP contribution >= 0.6 is 0 Å². The van der Waals surface area contributed by atoms with E-state index in [0.29, 0.717) is 5.88 Å². The molecule has 3 rings (SSSR count). The zero-order chi connectivity index (χ0) is 17.9. The molecule has 0 fully saturated rings. The van der Waals surface area contributed by atoms with Crippen molar-refractivity contribution in [3.05, 3.63) is 65.9 Å². The van der Waals surface area contributed by atoms with Gasteiger partial charge in [0.05, 0.1) is 7.11 Å². The summed E-state index contributed by atoms with van der Waals surface area (Å²) in [5.41, 5.74) is 1.48. The number of carbonyl (C=O) groups is 1. The van der Waals surface area contributed by atoms with Crippen LogP contribution in [0.4, 0.5) is 5.95 Å². The minimum Gasteiger partial charge on any atom is -0.481 e. The van der Waals surface area contributed by atoms with Crippen LogP contribution in [0.15, 0.2) is 60.3 Å². The fraction of sp³-hybridized carbons (Fsp3) is 0.211. The Hall–Kier alpha value is -3.15. The molecule has 0 spiro atoms. The lowest BCUT2D eigenvalue weighted by Crippen LogP contribution is -2.46. The van der Waals surface area contributed by atoms with Crippen LogP contribution in [0.5, 0.6) is 5.88 Å². The molecule has 1 aliphatic carbocycles. The van der Waals surface area contributed by atoms with Crippen LogP contribution in [0.1, 0.15) is 18.9 Å². The maximum Gasteiger partial charge on any atom is 0.333 e. The molecule has 2 N–H and O–H groups in total. The second-order valence-corrected chi connectivity index (χ2v) is 5.92. The molecule has 1 atom stereocenters. The fourth-order valence-corrected chi connectivity index (χ4v) is 2.93. The average molecular weight is 337 g/mol. The summed E-state index contributed by atoms with van der Waals surface area (Å²) >= 11 is 0. The minimum absolute atomic E-state index is 0.208. The van der Waals surface area contributed by atoms with Crippen LogP contribution in [-0.4, -0.2) is 33.7 Å². The number of anilines is 1. The molecule has 2 aromatic rings. The zero-order valence-electron chi connectivity index (χ0n) is 14.1. The summed E-state index contributed by atoms with van der Waals surface area (Å²) in [5.74, 6) is -0.409. The van der Waals surface area contributed by atoms with Crippen molar-refractivity contribution in [3.63, 3.8) is 0 Å². The molecule has 0 amide bonds. The van der Waals surface area contributed by atoms with Crippen LogP contribution < -0.4 is 10.1 Å². The summed E-state index contributed by atoms with van der Waals surface area (Å²) in [6.07, 6.45) is 5.51. The smallest absolute Gasteiger partial charge is 0.333 e. The molecule has 0 radical (unpaired) electrons. The first-order chi connectivity index (χ1) is 12.0. The summed E-state index contributed by atoms with van der Waals surface area (Å²) in [4.78, 5) is 20.4. The van der Waals surface area contributed by atoms with Crippen LogP contribution in [0.2, 0.25) is 0 Å². The molecule has 128 valence electrons. The number of hydrogen-bond acceptors (Lipinski definition) is 5. The van der Waals surface area contributed by atoms with Crippen molar-refractivity contribution in [1.82, 2.24) is 9.97 Å². The van der Waals surface area contributed by atoms with Gasteiger partial charge >= 0.3 is 5.97 Å². The van der Waals surface area contributed by atoms with Crippen LogP contribution in [0.25, 0.3) is 5.57 Å². The molecule has 6 nitrogen and oxygen atoms in total. The van der Waals surface area contributed by atoms with E-state index in [4.69, 9.17) is 4.74 Å². The fourth-order valence-electron chi connectivity index (χ4n) is 2.93. The number of hydrogen-bond donors (Lipinski definition) is 2. The molecule has 0 bridgehead atoms. The van der Waals surface area contributed by atoms with E-state index in [9.17, 15) is 9.90 Å². The Morgan fingerprint density at radius 2 is 2.04 bits per heavy atom. The summed E-state index contributed by atoms with van der Waals surface area (Å²) in [6.45, 7) is 1.88. The summed E-state index contributed by atoms with van der Waals surface area (Å²) in [7, 11) is 1.50.